The van der Waals surface area contributed by atoms with Gasteiger partial charge in [0.25, 0.3) is 0 Å². The highest BCUT2D eigenvalue weighted by Gasteiger charge is 2.41. The Kier molecular flexibility index (Phi) is 7.51. The van der Waals surface area contributed by atoms with Crippen LogP contribution in [-0.4, -0.2) is 37.4 Å². The number of hydrogen-bond donors (Lipinski definition) is 2. The molecule has 1 saturated carbocycles. The topological polar surface area (TPSA) is 70.7 Å². The van der Waals surface area contributed by atoms with Gasteiger partial charge in [-0.25, -0.2) is 0 Å². The number of rotatable bonds is 4. The van der Waals surface area contributed by atoms with E-state index in [0.29, 0.717) is 12.5 Å². The highest BCUT2D eigenvalue weighted by atomic mass is 127. The van der Waals surface area contributed by atoms with Gasteiger partial charge in [-0.15, -0.1) is 24.0 Å². The summed E-state index contributed by atoms with van der Waals surface area (Å²) < 4.78 is 0. The molecule has 0 radical (unpaired) electrons. The molecule has 134 valence electrons. The quantitative estimate of drug-likeness (QED) is 0.426. The van der Waals surface area contributed by atoms with Crippen LogP contribution >= 0.6 is 24.0 Å². The second kappa shape index (κ2) is 8.69. The van der Waals surface area contributed by atoms with Gasteiger partial charge in [-0.2, -0.15) is 0 Å². The second-order valence-electron chi connectivity index (χ2n) is 6.89. The minimum atomic E-state index is -0.377. The third-order valence-corrected chi connectivity index (χ3v) is 4.47. The monoisotopic (exact) mass is 444 g/mol. The van der Waals surface area contributed by atoms with Crippen molar-refractivity contribution in [1.82, 2.24) is 4.90 Å². The van der Waals surface area contributed by atoms with Crippen molar-refractivity contribution in [3.63, 3.8) is 0 Å². The van der Waals surface area contributed by atoms with E-state index in [-0.39, 0.29) is 35.3 Å². The molecule has 0 aromatic heterocycles. The molecule has 1 aliphatic rings. The summed E-state index contributed by atoms with van der Waals surface area (Å²) in [5.41, 5.74) is 8.94. The molecule has 0 saturated heterocycles. The Bertz CT molecular complexity index is 587. The number of nitrogens with two attached hydrogens (primary N) is 1. The van der Waals surface area contributed by atoms with Gasteiger partial charge in [-0.3, -0.25) is 9.79 Å². The number of carbonyl (C=O) groups is 1. The average Bonchev–Trinajstić information content (AvgIpc) is 2.93. The molecular weight excluding hydrogens is 415 g/mol. The maximum atomic E-state index is 12.5. The molecule has 1 amide bonds. The van der Waals surface area contributed by atoms with Crippen LogP contribution in [0.5, 0.6) is 0 Å². The molecule has 0 spiro atoms. The number of hydrogen-bond acceptors (Lipinski definition) is 2. The van der Waals surface area contributed by atoms with E-state index in [1.165, 1.54) is 11.1 Å². The Morgan fingerprint density at radius 2 is 1.75 bits per heavy atom. The lowest BCUT2D eigenvalue weighted by Crippen LogP contribution is -2.41. The van der Waals surface area contributed by atoms with Gasteiger partial charge in [0.05, 0.1) is 12.0 Å². The summed E-state index contributed by atoms with van der Waals surface area (Å²) in [6, 6.07) is 6.18. The van der Waals surface area contributed by atoms with Crippen LogP contribution in [0.25, 0.3) is 0 Å². The number of aryl methyl sites for hydroxylation is 2. The highest BCUT2D eigenvalue weighted by Crippen LogP contribution is 2.39. The van der Waals surface area contributed by atoms with Crippen LogP contribution < -0.4 is 11.1 Å². The summed E-state index contributed by atoms with van der Waals surface area (Å²) >= 11 is 0. The van der Waals surface area contributed by atoms with Gasteiger partial charge < -0.3 is 16.0 Å². The Morgan fingerprint density at radius 3 is 2.25 bits per heavy atom. The van der Waals surface area contributed by atoms with Crippen molar-refractivity contribution >= 4 is 41.5 Å². The smallest absolute Gasteiger partial charge is 0.230 e. The van der Waals surface area contributed by atoms with Gasteiger partial charge in [0.1, 0.15) is 0 Å². The molecule has 0 atom stereocenters. The standard InChI is InChI=1S/C18H28N4O.HI/c1-13-9-14(2)11-15(10-13)21-17(19)20-12-18(7-5-6-8-18)16(23)22(3)4;/h9-11H,5-8,12H2,1-4H3,(H3,19,20,21);1H. The number of nitrogens with zero attached hydrogens (tertiary/aromatic N) is 2. The van der Waals surface area contributed by atoms with Crippen LogP contribution in [0.2, 0.25) is 0 Å². The third-order valence-electron chi connectivity index (χ3n) is 4.47. The van der Waals surface area contributed by atoms with E-state index >= 15 is 0 Å². The number of halogens is 1. The number of guanidine groups is 1. The molecule has 0 bridgehead atoms. The molecule has 5 nitrogen and oxygen atoms in total. The van der Waals surface area contributed by atoms with Crippen LogP contribution in [0, 0.1) is 19.3 Å². The van der Waals surface area contributed by atoms with Crippen LogP contribution in [-0.2, 0) is 4.79 Å². The fourth-order valence-corrected chi connectivity index (χ4v) is 3.44. The van der Waals surface area contributed by atoms with E-state index in [9.17, 15) is 4.79 Å². The Hall–Kier alpha value is -1.31. The van der Waals surface area contributed by atoms with Crippen molar-refractivity contribution in [3.8, 4) is 0 Å². The fourth-order valence-electron chi connectivity index (χ4n) is 3.44. The van der Waals surface area contributed by atoms with Gasteiger partial charge in [-0.1, -0.05) is 18.9 Å². The zero-order valence-corrected chi connectivity index (χ0v) is 17.4. The molecule has 3 N–H and O–H groups in total. The summed E-state index contributed by atoms with van der Waals surface area (Å²) in [6.07, 6.45) is 3.95. The summed E-state index contributed by atoms with van der Waals surface area (Å²) in [5, 5.41) is 3.14. The van der Waals surface area contributed by atoms with E-state index in [1.54, 1.807) is 4.90 Å². The minimum absolute atomic E-state index is 0. The minimum Gasteiger partial charge on any atom is -0.370 e. The molecule has 0 unspecified atom stereocenters. The summed E-state index contributed by atoms with van der Waals surface area (Å²) in [5.74, 6) is 0.533. The van der Waals surface area contributed by atoms with E-state index in [0.717, 1.165) is 31.4 Å². The zero-order chi connectivity index (χ0) is 17.0. The molecule has 0 aliphatic heterocycles. The first-order chi connectivity index (χ1) is 10.8. The lowest BCUT2D eigenvalue weighted by atomic mass is 9.85. The predicted molar refractivity (Wildman–Crippen MR) is 111 cm³/mol. The Morgan fingerprint density at radius 1 is 1.21 bits per heavy atom. The summed E-state index contributed by atoms with van der Waals surface area (Å²) in [6.45, 7) is 4.55. The third kappa shape index (κ3) is 5.09. The Balaban J connectivity index is 0.00000288. The van der Waals surface area contributed by atoms with E-state index in [4.69, 9.17) is 5.73 Å². The van der Waals surface area contributed by atoms with Gasteiger partial charge in [0, 0.05) is 19.8 Å². The van der Waals surface area contributed by atoms with Crippen molar-refractivity contribution in [2.24, 2.45) is 16.1 Å². The first-order valence-electron chi connectivity index (χ1n) is 8.19. The van der Waals surface area contributed by atoms with Crippen molar-refractivity contribution in [2.45, 2.75) is 39.5 Å². The van der Waals surface area contributed by atoms with Crippen molar-refractivity contribution < 1.29 is 4.79 Å². The maximum Gasteiger partial charge on any atom is 0.230 e. The fraction of sp³-hybridized carbons (Fsp3) is 0.556. The molecule has 1 aromatic rings. The first-order valence-corrected chi connectivity index (χ1v) is 8.19. The van der Waals surface area contributed by atoms with E-state index < -0.39 is 0 Å². The lowest BCUT2D eigenvalue weighted by Gasteiger charge is -2.29. The van der Waals surface area contributed by atoms with Crippen LogP contribution in [0.15, 0.2) is 23.2 Å². The maximum absolute atomic E-state index is 12.5. The van der Waals surface area contributed by atoms with Crippen molar-refractivity contribution in [2.75, 3.05) is 26.0 Å². The number of nitrogens with one attached hydrogen (secondary N) is 1. The first kappa shape index (κ1) is 20.7. The molecule has 2 rings (SSSR count). The van der Waals surface area contributed by atoms with Gasteiger partial charge in [0.2, 0.25) is 5.91 Å². The second-order valence-corrected chi connectivity index (χ2v) is 6.89. The van der Waals surface area contributed by atoms with Crippen molar-refractivity contribution in [3.05, 3.63) is 29.3 Å². The molecule has 1 aromatic carbocycles. The number of benzene rings is 1. The molecule has 24 heavy (non-hydrogen) atoms. The normalized spacial score (nSPS) is 16.4. The largest absolute Gasteiger partial charge is 0.370 e. The van der Waals surface area contributed by atoms with Crippen LogP contribution in [0.3, 0.4) is 0 Å². The summed E-state index contributed by atoms with van der Waals surface area (Å²) in [4.78, 5) is 18.7. The van der Waals surface area contributed by atoms with Gasteiger partial charge in [-0.05, 0) is 49.9 Å². The molecular formula is C18H29IN4O. The number of amides is 1. The molecule has 0 heterocycles. The number of anilines is 1. The SMILES string of the molecule is Cc1cc(C)cc(NC(N)=NCC2(C(=O)N(C)C)CCCC2)c1.I. The highest BCUT2D eigenvalue weighted by molar-refractivity contribution is 14.0. The van der Waals surface area contributed by atoms with Crippen LogP contribution in [0.4, 0.5) is 5.69 Å². The predicted octanol–water partition coefficient (Wildman–Crippen LogP) is 3.30. The average molecular weight is 444 g/mol. The van der Waals surface area contributed by atoms with E-state index in [2.05, 4.69) is 30.2 Å². The Labute approximate surface area is 162 Å². The summed E-state index contributed by atoms with van der Waals surface area (Å²) in [7, 11) is 3.62. The number of carbonyl (C=O) groups excluding carboxylic acids is 1. The van der Waals surface area contributed by atoms with Crippen molar-refractivity contribution in [1.29, 1.82) is 0 Å². The lowest BCUT2D eigenvalue weighted by molar-refractivity contribution is -0.138. The van der Waals surface area contributed by atoms with Gasteiger partial charge in [0.15, 0.2) is 5.96 Å². The van der Waals surface area contributed by atoms with Crippen LogP contribution in [0.1, 0.15) is 36.8 Å². The van der Waals surface area contributed by atoms with E-state index in [1.807, 2.05) is 26.2 Å². The number of aliphatic imine (C=N–C) groups is 1. The molecule has 6 heteroatoms. The molecule has 1 aliphatic carbocycles. The van der Waals surface area contributed by atoms with Gasteiger partial charge >= 0.3 is 0 Å². The molecule has 1 fully saturated rings. The zero-order valence-electron chi connectivity index (χ0n) is 15.1.